The van der Waals surface area contributed by atoms with Gasteiger partial charge >= 0.3 is 0 Å². The number of benzene rings is 1. The zero-order valence-electron chi connectivity index (χ0n) is 9.92. The average Bonchev–Trinajstić information content (AvgIpc) is 2.72. The molecule has 1 aromatic carbocycles. The fraction of sp³-hybridized carbons (Fsp3) is 0.250. The van der Waals surface area contributed by atoms with Gasteiger partial charge in [-0.15, -0.1) is 0 Å². The van der Waals surface area contributed by atoms with Gasteiger partial charge in [-0.1, -0.05) is 30.6 Å². The SMILES string of the molecule is CCCc1c(N)noc1-c1cccc([N+](=O)[O-])c1. The standard InChI is InChI=1S/C12H13N3O3/c1-2-4-10-11(18-14-12(10)13)8-5-3-6-9(7-8)15(16)17/h3,5-7H,2,4H2,1H3,(H2,13,14). The Morgan fingerprint density at radius 1 is 1.50 bits per heavy atom. The number of nitrogen functional groups attached to an aromatic ring is 1. The van der Waals surface area contributed by atoms with Crippen LogP contribution in [0.3, 0.4) is 0 Å². The fourth-order valence-electron chi connectivity index (χ4n) is 1.80. The van der Waals surface area contributed by atoms with Crippen molar-refractivity contribution in [3.8, 4) is 11.3 Å². The van der Waals surface area contributed by atoms with Crippen LogP contribution in [0, 0.1) is 10.1 Å². The Kier molecular flexibility index (Phi) is 3.27. The molecule has 0 aliphatic carbocycles. The molecule has 0 aliphatic rings. The number of anilines is 1. The summed E-state index contributed by atoms with van der Waals surface area (Å²) in [5.41, 5.74) is 7.17. The van der Waals surface area contributed by atoms with Gasteiger partial charge in [0.05, 0.1) is 4.92 Å². The van der Waals surface area contributed by atoms with Gasteiger partial charge in [-0.2, -0.15) is 0 Å². The third kappa shape index (κ3) is 2.17. The van der Waals surface area contributed by atoms with Crippen LogP contribution in [0.5, 0.6) is 0 Å². The highest BCUT2D eigenvalue weighted by Crippen LogP contribution is 2.30. The molecular formula is C12H13N3O3. The summed E-state index contributed by atoms with van der Waals surface area (Å²) in [6, 6.07) is 6.25. The van der Waals surface area contributed by atoms with Crippen molar-refractivity contribution in [1.82, 2.24) is 5.16 Å². The predicted octanol–water partition coefficient (Wildman–Crippen LogP) is 2.78. The van der Waals surface area contributed by atoms with Gasteiger partial charge in [0, 0.05) is 23.3 Å². The molecule has 0 unspecified atom stereocenters. The van der Waals surface area contributed by atoms with E-state index in [0.29, 0.717) is 17.1 Å². The van der Waals surface area contributed by atoms with Gasteiger partial charge in [-0.3, -0.25) is 10.1 Å². The van der Waals surface area contributed by atoms with Crippen LogP contribution in [0.4, 0.5) is 11.5 Å². The minimum Gasteiger partial charge on any atom is -0.381 e. The molecule has 0 fully saturated rings. The van der Waals surface area contributed by atoms with Crippen LogP contribution in [0.15, 0.2) is 28.8 Å². The van der Waals surface area contributed by atoms with E-state index < -0.39 is 4.92 Å². The monoisotopic (exact) mass is 247 g/mol. The molecule has 0 bridgehead atoms. The van der Waals surface area contributed by atoms with E-state index in [0.717, 1.165) is 18.4 Å². The Morgan fingerprint density at radius 2 is 2.28 bits per heavy atom. The Hall–Kier alpha value is -2.37. The second-order valence-corrected chi connectivity index (χ2v) is 3.93. The average molecular weight is 247 g/mol. The van der Waals surface area contributed by atoms with Crippen molar-refractivity contribution in [2.45, 2.75) is 19.8 Å². The lowest BCUT2D eigenvalue weighted by molar-refractivity contribution is -0.384. The maximum atomic E-state index is 10.7. The molecule has 2 rings (SSSR count). The fourth-order valence-corrected chi connectivity index (χ4v) is 1.80. The van der Waals surface area contributed by atoms with Crippen molar-refractivity contribution in [3.63, 3.8) is 0 Å². The van der Waals surface area contributed by atoms with Gasteiger partial charge in [-0.25, -0.2) is 0 Å². The molecule has 0 atom stereocenters. The quantitative estimate of drug-likeness (QED) is 0.662. The number of hydrogen-bond donors (Lipinski definition) is 1. The molecule has 0 saturated heterocycles. The van der Waals surface area contributed by atoms with E-state index in [1.807, 2.05) is 6.92 Å². The van der Waals surface area contributed by atoms with Crippen LogP contribution < -0.4 is 5.73 Å². The van der Waals surface area contributed by atoms with Crippen LogP contribution in [0.1, 0.15) is 18.9 Å². The highest BCUT2D eigenvalue weighted by Gasteiger charge is 2.17. The molecule has 18 heavy (non-hydrogen) atoms. The van der Waals surface area contributed by atoms with Crippen molar-refractivity contribution >= 4 is 11.5 Å². The van der Waals surface area contributed by atoms with Gasteiger partial charge in [0.15, 0.2) is 11.6 Å². The van der Waals surface area contributed by atoms with Gasteiger partial charge in [0.1, 0.15) is 0 Å². The van der Waals surface area contributed by atoms with Gasteiger partial charge in [0.2, 0.25) is 0 Å². The number of nitrogens with zero attached hydrogens (tertiary/aromatic N) is 2. The number of aromatic nitrogens is 1. The highest BCUT2D eigenvalue weighted by molar-refractivity contribution is 5.68. The van der Waals surface area contributed by atoms with Crippen molar-refractivity contribution < 1.29 is 9.45 Å². The Labute approximate surface area is 104 Å². The van der Waals surface area contributed by atoms with Crippen LogP contribution in [0.2, 0.25) is 0 Å². The molecule has 1 aromatic heterocycles. The molecule has 0 saturated carbocycles. The van der Waals surface area contributed by atoms with Crippen molar-refractivity contribution in [2.75, 3.05) is 5.73 Å². The summed E-state index contributed by atoms with van der Waals surface area (Å²) >= 11 is 0. The minimum atomic E-state index is -0.442. The highest BCUT2D eigenvalue weighted by atomic mass is 16.6. The normalized spacial score (nSPS) is 10.5. The van der Waals surface area contributed by atoms with Gasteiger partial charge in [-0.05, 0) is 6.42 Å². The third-order valence-corrected chi connectivity index (χ3v) is 2.64. The van der Waals surface area contributed by atoms with E-state index in [2.05, 4.69) is 5.16 Å². The van der Waals surface area contributed by atoms with Gasteiger partial charge < -0.3 is 10.3 Å². The lowest BCUT2D eigenvalue weighted by Gasteiger charge is -2.00. The van der Waals surface area contributed by atoms with Crippen molar-refractivity contribution in [2.24, 2.45) is 0 Å². The second kappa shape index (κ2) is 4.87. The molecule has 0 radical (unpaired) electrons. The molecule has 6 nitrogen and oxygen atoms in total. The zero-order chi connectivity index (χ0) is 13.1. The summed E-state index contributed by atoms with van der Waals surface area (Å²) in [7, 11) is 0. The summed E-state index contributed by atoms with van der Waals surface area (Å²) in [6.07, 6.45) is 1.63. The van der Waals surface area contributed by atoms with Crippen LogP contribution in [-0.4, -0.2) is 10.1 Å². The maximum Gasteiger partial charge on any atom is 0.270 e. The Bertz CT molecular complexity index is 578. The largest absolute Gasteiger partial charge is 0.381 e. The van der Waals surface area contributed by atoms with Crippen LogP contribution >= 0.6 is 0 Å². The molecule has 94 valence electrons. The zero-order valence-corrected chi connectivity index (χ0v) is 9.92. The molecule has 2 N–H and O–H groups in total. The third-order valence-electron chi connectivity index (χ3n) is 2.64. The van der Waals surface area contributed by atoms with Crippen LogP contribution in [-0.2, 0) is 6.42 Å². The smallest absolute Gasteiger partial charge is 0.270 e. The Balaban J connectivity index is 2.48. The number of rotatable bonds is 4. The first-order valence-electron chi connectivity index (χ1n) is 5.62. The molecular weight excluding hydrogens is 234 g/mol. The molecule has 0 spiro atoms. The lowest BCUT2D eigenvalue weighted by atomic mass is 10.0. The van der Waals surface area contributed by atoms with E-state index in [1.165, 1.54) is 12.1 Å². The van der Waals surface area contributed by atoms with Crippen molar-refractivity contribution in [1.29, 1.82) is 0 Å². The summed E-state index contributed by atoms with van der Waals surface area (Å²) in [6.45, 7) is 2.02. The summed E-state index contributed by atoms with van der Waals surface area (Å²) in [5.74, 6) is 0.858. The lowest BCUT2D eigenvalue weighted by Crippen LogP contribution is -1.93. The number of hydrogen-bond acceptors (Lipinski definition) is 5. The molecule has 2 aromatic rings. The topological polar surface area (TPSA) is 95.2 Å². The van der Waals surface area contributed by atoms with Crippen molar-refractivity contribution in [3.05, 3.63) is 39.9 Å². The van der Waals surface area contributed by atoms with Gasteiger partial charge in [0.25, 0.3) is 5.69 Å². The van der Waals surface area contributed by atoms with Crippen LogP contribution in [0.25, 0.3) is 11.3 Å². The van der Waals surface area contributed by atoms with E-state index in [-0.39, 0.29) is 5.69 Å². The second-order valence-electron chi connectivity index (χ2n) is 3.93. The first-order chi connectivity index (χ1) is 8.63. The van der Waals surface area contributed by atoms with E-state index in [1.54, 1.807) is 12.1 Å². The predicted molar refractivity (Wildman–Crippen MR) is 67.0 cm³/mol. The number of nitro groups is 1. The molecule has 6 heteroatoms. The molecule has 0 amide bonds. The minimum absolute atomic E-state index is 0.0184. The molecule has 1 heterocycles. The summed E-state index contributed by atoms with van der Waals surface area (Å²) in [5, 5.41) is 14.5. The molecule has 0 aliphatic heterocycles. The van der Waals surface area contributed by atoms with E-state index in [4.69, 9.17) is 10.3 Å². The summed E-state index contributed by atoms with van der Waals surface area (Å²) < 4.78 is 5.17. The maximum absolute atomic E-state index is 10.7. The number of nitro benzene ring substituents is 1. The number of nitrogens with two attached hydrogens (primary N) is 1. The van der Waals surface area contributed by atoms with E-state index >= 15 is 0 Å². The first kappa shape index (κ1) is 12.1. The Morgan fingerprint density at radius 3 is 2.94 bits per heavy atom. The first-order valence-corrected chi connectivity index (χ1v) is 5.62. The summed E-state index contributed by atoms with van der Waals surface area (Å²) in [4.78, 5) is 10.3. The number of non-ortho nitro benzene ring substituents is 1. The van der Waals surface area contributed by atoms with E-state index in [9.17, 15) is 10.1 Å².